The van der Waals surface area contributed by atoms with Crippen LogP contribution in [-0.2, 0) is 23.1 Å². The van der Waals surface area contributed by atoms with Crippen molar-refractivity contribution in [1.82, 2.24) is 19.5 Å². The Labute approximate surface area is 184 Å². The van der Waals surface area contributed by atoms with Gasteiger partial charge in [0.25, 0.3) is 5.56 Å². The van der Waals surface area contributed by atoms with E-state index >= 15 is 0 Å². The normalized spacial score (nSPS) is 22.3. The number of allylic oxidation sites excluding steroid dienone is 1. The molecule has 0 spiro atoms. The highest BCUT2D eigenvalue weighted by Gasteiger charge is 2.52. The lowest BCUT2D eigenvalue weighted by atomic mass is 10.00. The molecule has 2 heterocycles. The van der Waals surface area contributed by atoms with Crippen molar-refractivity contribution in [2.75, 3.05) is 25.3 Å². The monoisotopic (exact) mass is 553 g/mol. The molecule has 0 amide bonds. The van der Waals surface area contributed by atoms with E-state index in [1.54, 1.807) is 36.4 Å². The Morgan fingerprint density at radius 1 is 1.37 bits per heavy atom. The second-order valence-corrected chi connectivity index (χ2v) is 9.63. The van der Waals surface area contributed by atoms with Crippen LogP contribution in [0, 0.1) is 0 Å². The van der Waals surface area contributed by atoms with Crippen LogP contribution in [0.4, 0.5) is 5.95 Å². The topological polar surface area (TPSA) is 172 Å². The van der Waals surface area contributed by atoms with Crippen molar-refractivity contribution in [3.8, 4) is 0 Å². The lowest BCUT2D eigenvalue weighted by Crippen LogP contribution is -2.36. The van der Waals surface area contributed by atoms with E-state index in [-0.39, 0.29) is 39.7 Å². The molecule has 12 nitrogen and oxygen atoms in total. The van der Waals surface area contributed by atoms with Gasteiger partial charge in [-0.2, -0.15) is 4.98 Å². The van der Waals surface area contributed by atoms with Gasteiger partial charge in [-0.15, -0.1) is 0 Å². The summed E-state index contributed by atoms with van der Waals surface area (Å²) in [7, 11) is -3.59. The van der Waals surface area contributed by atoms with Crippen molar-refractivity contribution in [1.29, 1.82) is 0 Å². The molecule has 2 aromatic rings. The number of H-pyrrole nitrogens is 1. The molecule has 3 rings (SSSR count). The van der Waals surface area contributed by atoms with Crippen molar-refractivity contribution in [3.63, 3.8) is 0 Å². The molecule has 2 atom stereocenters. The number of aliphatic hydroxyl groups is 1. The molecule has 0 fully saturated rings. The van der Waals surface area contributed by atoms with Crippen LogP contribution in [0.3, 0.4) is 0 Å². The number of nitrogens with zero attached hydrogens (tertiary/aromatic N) is 3. The minimum absolute atomic E-state index is 0.0330. The summed E-state index contributed by atoms with van der Waals surface area (Å²) in [5, 5.41) is 11.1. The first-order chi connectivity index (χ1) is 14.1. The number of hydrogen-bond donors (Lipinski definition) is 3. The zero-order valence-electron chi connectivity index (χ0n) is 16.4. The number of nitrogens with two attached hydrogens (primary N) is 1. The van der Waals surface area contributed by atoms with E-state index in [0.29, 0.717) is 0 Å². The molecule has 0 aromatic carbocycles. The number of aromatic amines is 1. The van der Waals surface area contributed by atoms with Crippen LogP contribution in [-0.4, -0.2) is 55.6 Å². The van der Waals surface area contributed by atoms with E-state index in [9.17, 15) is 19.3 Å². The number of carbonyl (C=O) groups is 1. The first-order valence-electron chi connectivity index (χ1n) is 8.95. The van der Waals surface area contributed by atoms with Gasteiger partial charge in [0, 0.05) is 0 Å². The molecule has 0 unspecified atom stereocenters. The van der Waals surface area contributed by atoms with Gasteiger partial charge in [-0.05, 0) is 43.4 Å². The zero-order chi connectivity index (χ0) is 22.3. The van der Waals surface area contributed by atoms with Crippen molar-refractivity contribution in [3.05, 3.63) is 26.0 Å². The summed E-state index contributed by atoms with van der Waals surface area (Å²) in [5.41, 5.74) is 3.33. The van der Waals surface area contributed by atoms with E-state index in [2.05, 4.69) is 15.0 Å². The van der Waals surface area contributed by atoms with Crippen LogP contribution in [0.25, 0.3) is 11.2 Å². The number of fused-ring (bicyclic) bond motifs is 1. The van der Waals surface area contributed by atoms with E-state index < -0.39 is 36.9 Å². The van der Waals surface area contributed by atoms with Crippen molar-refractivity contribution in [2.45, 2.75) is 32.4 Å². The molecule has 1 aliphatic carbocycles. The number of nitrogens with one attached hydrogen (secondary N) is 1. The number of ether oxygens (including phenoxy) is 1. The number of Topliss-reactive ketones (excluding diaryl/α,β-unsaturated/α-hetero) is 1. The van der Waals surface area contributed by atoms with Gasteiger partial charge in [-0.3, -0.25) is 19.1 Å². The SMILES string of the molecule is CCOP(=O)(COC1=C(I)[C@@](C)(O)[C@H](n2cnc3c(=O)[nH]c(N)nc32)C1=O)OCC. The third-order valence-electron chi connectivity index (χ3n) is 4.40. The number of carbonyl (C=O) groups excluding carboxylic acids is 1. The van der Waals surface area contributed by atoms with E-state index in [1.165, 1.54) is 17.8 Å². The second kappa shape index (κ2) is 8.38. The summed E-state index contributed by atoms with van der Waals surface area (Å²) >= 11 is 1.79. The number of rotatable bonds is 8. The first-order valence-corrected chi connectivity index (χ1v) is 11.8. The molecule has 2 aromatic heterocycles. The summed E-state index contributed by atoms with van der Waals surface area (Å²) < 4.78 is 30.0. The summed E-state index contributed by atoms with van der Waals surface area (Å²) in [6.45, 7) is 4.99. The zero-order valence-corrected chi connectivity index (χ0v) is 19.5. The molecule has 0 aliphatic heterocycles. The smallest absolute Gasteiger partial charge is 0.367 e. The average molecular weight is 553 g/mol. The van der Waals surface area contributed by atoms with Gasteiger partial charge in [0.1, 0.15) is 11.6 Å². The average Bonchev–Trinajstić information content (AvgIpc) is 3.12. The van der Waals surface area contributed by atoms with Gasteiger partial charge in [0.05, 0.1) is 23.1 Å². The molecule has 0 bridgehead atoms. The van der Waals surface area contributed by atoms with Crippen LogP contribution < -0.4 is 11.3 Å². The molecule has 1 aliphatic rings. The molecule has 30 heavy (non-hydrogen) atoms. The quantitative estimate of drug-likeness (QED) is 0.321. The molecule has 0 saturated heterocycles. The van der Waals surface area contributed by atoms with Crippen LogP contribution in [0.15, 0.2) is 20.5 Å². The number of hydrogen-bond acceptors (Lipinski definition) is 10. The van der Waals surface area contributed by atoms with E-state index in [1.807, 2.05) is 0 Å². The van der Waals surface area contributed by atoms with E-state index in [4.69, 9.17) is 19.5 Å². The molecule has 4 N–H and O–H groups in total. The largest absolute Gasteiger partial charge is 0.476 e. The molecular formula is C16H21IN5O7P. The Bertz CT molecular complexity index is 1110. The Morgan fingerprint density at radius 3 is 2.60 bits per heavy atom. The Balaban J connectivity index is 1.97. The summed E-state index contributed by atoms with van der Waals surface area (Å²) in [4.78, 5) is 35.5. The molecule has 0 radical (unpaired) electrons. The summed E-state index contributed by atoms with van der Waals surface area (Å²) in [6, 6.07) is -1.23. The second-order valence-electron chi connectivity index (χ2n) is 6.55. The molecule has 164 valence electrons. The third-order valence-corrected chi connectivity index (χ3v) is 7.73. The van der Waals surface area contributed by atoms with Crippen LogP contribution >= 0.6 is 30.2 Å². The van der Waals surface area contributed by atoms with Gasteiger partial charge < -0.3 is 29.2 Å². The standard InChI is InChI=1S/C16H21IN5O7P/c1-4-28-30(26,29-5-2)7-27-10-9(23)12(16(3,25)11(10)17)22-6-19-8-13(22)20-15(18)21-14(8)24/h6,12,25H,4-5,7H2,1-3H3,(H3,18,20,21,24)/t12-,16-/m1/s1. The van der Waals surface area contributed by atoms with Crippen LogP contribution in [0.2, 0.25) is 0 Å². The summed E-state index contributed by atoms with van der Waals surface area (Å²) in [6.07, 6.45) is 0.724. The number of anilines is 1. The number of ketones is 1. The maximum Gasteiger partial charge on any atom is 0.367 e. The van der Waals surface area contributed by atoms with Gasteiger partial charge in [0.15, 0.2) is 23.3 Å². The molecule has 0 saturated carbocycles. The fraction of sp³-hybridized carbons (Fsp3) is 0.500. The minimum atomic E-state index is -3.59. The fourth-order valence-electron chi connectivity index (χ4n) is 3.15. The minimum Gasteiger partial charge on any atom is -0.476 e. The molecular weight excluding hydrogens is 532 g/mol. The van der Waals surface area contributed by atoms with Gasteiger partial charge in [0.2, 0.25) is 11.7 Å². The van der Waals surface area contributed by atoms with Crippen molar-refractivity contribution >= 4 is 53.1 Å². The predicted molar refractivity (Wildman–Crippen MR) is 115 cm³/mol. The fourth-order valence-corrected chi connectivity index (χ4v) is 5.16. The molecule has 14 heteroatoms. The third kappa shape index (κ3) is 3.91. The Kier molecular flexibility index (Phi) is 6.39. The Morgan fingerprint density at radius 2 is 2.00 bits per heavy atom. The van der Waals surface area contributed by atoms with Gasteiger partial charge >= 0.3 is 7.60 Å². The number of imidazole rings is 1. The predicted octanol–water partition coefficient (Wildman–Crippen LogP) is 1.46. The van der Waals surface area contributed by atoms with Gasteiger partial charge in [-0.25, -0.2) is 4.98 Å². The highest BCUT2D eigenvalue weighted by atomic mass is 127. The maximum absolute atomic E-state index is 13.2. The lowest BCUT2D eigenvalue weighted by molar-refractivity contribution is -0.124. The number of aromatic nitrogens is 4. The van der Waals surface area contributed by atoms with Crippen molar-refractivity contribution < 1.29 is 28.3 Å². The highest BCUT2D eigenvalue weighted by Crippen LogP contribution is 2.51. The van der Waals surface area contributed by atoms with Crippen molar-refractivity contribution in [2.24, 2.45) is 0 Å². The highest BCUT2D eigenvalue weighted by molar-refractivity contribution is 14.1. The summed E-state index contributed by atoms with van der Waals surface area (Å²) in [5.74, 6) is -0.943. The number of nitrogen functional groups attached to an aromatic ring is 1. The first kappa shape index (κ1) is 22.9. The van der Waals surface area contributed by atoms with Crippen LogP contribution in [0.5, 0.6) is 0 Å². The Hall–Kier alpha value is -1.80. The van der Waals surface area contributed by atoms with Gasteiger partial charge in [-0.1, -0.05) is 0 Å². The van der Waals surface area contributed by atoms with E-state index in [0.717, 1.165) is 0 Å². The van der Waals surface area contributed by atoms with Crippen LogP contribution in [0.1, 0.15) is 26.8 Å². The number of halogens is 1. The lowest BCUT2D eigenvalue weighted by Gasteiger charge is -2.26. The maximum atomic E-state index is 13.2.